The van der Waals surface area contributed by atoms with Gasteiger partial charge < -0.3 is 29.5 Å². The van der Waals surface area contributed by atoms with Crippen LogP contribution in [0.4, 0.5) is 4.79 Å². The Kier molecular flexibility index (Phi) is 9.58. The van der Waals surface area contributed by atoms with Crippen LogP contribution in [0.5, 0.6) is 11.5 Å². The molecule has 0 unspecified atom stereocenters. The lowest BCUT2D eigenvalue weighted by Crippen LogP contribution is -2.48. The molecular formula is C29H38N2O6. The molecule has 1 saturated carbocycles. The number of carbonyl (C=O) groups excluding carboxylic acids is 2. The van der Waals surface area contributed by atoms with Crippen LogP contribution in [-0.4, -0.2) is 53.7 Å². The molecular weight excluding hydrogens is 472 g/mol. The Bertz CT molecular complexity index is 1070. The molecule has 1 aliphatic carbocycles. The molecule has 8 nitrogen and oxygen atoms in total. The molecule has 0 radical (unpaired) electrons. The highest BCUT2D eigenvalue weighted by Crippen LogP contribution is 2.41. The first-order valence-corrected chi connectivity index (χ1v) is 12.8. The van der Waals surface area contributed by atoms with E-state index in [9.17, 15) is 14.7 Å². The molecule has 37 heavy (non-hydrogen) atoms. The molecule has 2 aromatic rings. The fraction of sp³-hybridized carbons (Fsp3) is 0.448. The zero-order valence-corrected chi connectivity index (χ0v) is 22.2. The van der Waals surface area contributed by atoms with Crippen molar-refractivity contribution >= 4 is 11.8 Å². The summed E-state index contributed by atoms with van der Waals surface area (Å²) in [7, 11) is 0. The average Bonchev–Trinajstić information content (AvgIpc) is 3.65. The number of nitrogens with one attached hydrogen (secondary N) is 1. The van der Waals surface area contributed by atoms with Crippen LogP contribution in [-0.2, 0) is 11.3 Å². The molecule has 200 valence electrons. The van der Waals surface area contributed by atoms with Crippen LogP contribution in [0.1, 0.15) is 68.1 Å². The van der Waals surface area contributed by atoms with Crippen LogP contribution in [0.15, 0.2) is 54.8 Å². The van der Waals surface area contributed by atoms with Gasteiger partial charge in [-0.05, 0) is 63.8 Å². The van der Waals surface area contributed by atoms with Gasteiger partial charge >= 0.3 is 6.03 Å². The van der Waals surface area contributed by atoms with E-state index >= 15 is 0 Å². The van der Waals surface area contributed by atoms with Gasteiger partial charge in [-0.2, -0.15) is 0 Å². The third-order valence-electron chi connectivity index (χ3n) is 6.49. The molecule has 1 aliphatic rings. The second-order valence-corrected chi connectivity index (χ2v) is 9.18. The van der Waals surface area contributed by atoms with Crippen molar-refractivity contribution in [1.82, 2.24) is 10.2 Å². The molecule has 0 aliphatic heterocycles. The van der Waals surface area contributed by atoms with Gasteiger partial charge in [0, 0.05) is 6.54 Å². The zero-order valence-electron chi connectivity index (χ0n) is 22.2. The van der Waals surface area contributed by atoms with E-state index in [1.54, 1.807) is 17.0 Å². The number of nitrogens with zero attached hydrogens (tertiary/aromatic N) is 1. The summed E-state index contributed by atoms with van der Waals surface area (Å²) in [6.07, 6.45) is 1.27. The minimum Gasteiger partial charge on any atom is -0.510 e. The first kappa shape index (κ1) is 28.1. The number of benzene rings is 2. The normalized spacial score (nSPS) is 14.4. The number of carbonyl (C=O) groups is 2. The third kappa shape index (κ3) is 7.04. The van der Waals surface area contributed by atoms with Crippen LogP contribution in [0.2, 0.25) is 0 Å². The molecule has 1 fully saturated rings. The molecule has 8 heteroatoms. The lowest BCUT2D eigenvalue weighted by molar-refractivity contribution is 0.0882. The maximum Gasteiger partial charge on any atom is 0.318 e. The Morgan fingerprint density at radius 1 is 1.11 bits per heavy atom. The Hall–Kier alpha value is -3.52. The van der Waals surface area contributed by atoms with Crippen molar-refractivity contribution in [2.24, 2.45) is 0 Å². The number of hydrogen-bond acceptors (Lipinski definition) is 6. The number of aliphatic hydroxyl groups is 1. The standard InChI is InChI=1S/C29H38N2O6/c1-6-36-25-17-24(18-26(37-7-2)27(25)21(4)32)20(3)31(28(34)30-29(13-14-29)22(5)33)15-16-35-19-23-11-9-8-10-12-23/h8-12,17-18,20,33H,5-7,13-16,19H2,1-4H3,(H,30,34)/t20-/m1/s1. The third-order valence-corrected chi connectivity index (χ3v) is 6.49. The van der Waals surface area contributed by atoms with E-state index in [1.807, 2.05) is 51.1 Å². The number of aliphatic hydroxyl groups excluding tert-OH is 1. The quantitative estimate of drug-likeness (QED) is 0.196. The summed E-state index contributed by atoms with van der Waals surface area (Å²) in [5.74, 6) is 0.640. The van der Waals surface area contributed by atoms with Gasteiger partial charge in [0.25, 0.3) is 0 Å². The lowest BCUT2D eigenvalue weighted by Gasteiger charge is -2.32. The summed E-state index contributed by atoms with van der Waals surface area (Å²) < 4.78 is 17.5. The van der Waals surface area contributed by atoms with Gasteiger partial charge in [0.2, 0.25) is 0 Å². The van der Waals surface area contributed by atoms with Crippen molar-refractivity contribution in [2.45, 2.75) is 58.7 Å². The Morgan fingerprint density at radius 2 is 1.70 bits per heavy atom. The van der Waals surface area contributed by atoms with E-state index in [2.05, 4.69) is 11.9 Å². The van der Waals surface area contributed by atoms with E-state index in [-0.39, 0.29) is 17.6 Å². The molecule has 3 rings (SSSR count). The van der Waals surface area contributed by atoms with E-state index in [0.29, 0.717) is 62.9 Å². The second-order valence-electron chi connectivity index (χ2n) is 9.18. The van der Waals surface area contributed by atoms with Crippen molar-refractivity contribution in [3.8, 4) is 11.5 Å². The molecule has 2 amide bonds. The molecule has 2 N–H and O–H groups in total. The van der Waals surface area contributed by atoms with Crippen molar-refractivity contribution in [3.63, 3.8) is 0 Å². The first-order valence-electron chi connectivity index (χ1n) is 12.8. The molecule has 1 atom stereocenters. The second kappa shape index (κ2) is 12.6. The fourth-order valence-corrected chi connectivity index (χ4v) is 4.20. The number of urea groups is 1. The summed E-state index contributed by atoms with van der Waals surface area (Å²) in [6, 6.07) is 12.6. The van der Waals surface area contributed by atoms with Gasteiger partial charge in [-0.15, -0.1) is 0 Å². The molecule has 0 bridgehead atoms. The van der Waals surface area contributed by atoms with E-state index in [4.69, 9.17) is 14.2 Å². The fourth-order valence-electron chi connectivity index (χ4n) is 4.20. The van der Waals surface area contributed by atoms with Crippen LogP contribution in [0.25, 0.3) is 0 Å². The molecule has 2 aromatic carbocycles. The number of hydrogen-bond donors (Lipinski definition) is 2. The predicted octanol–water partition coefficient (Wildman–Crippen LogP) is 5.58. The minimum atomic E-state index is -0.786. The van der Waals surface area contributed by atoms with Gasteiger partial charge in [0.15, 0.2) is 5.78 Å². The van der Waals surface area contributed by atoms with E-state index < -0.39 is 11.6 Å². The van der Waals surface area contributed by atoms with Crippen molar-refractivity contribution < 1.29 is 28.9 Å². The zero-order chi connectivity index (χ0) is 27.0. The highest BCUT2D eigenvalue weighted by atomic mass is 16.5. The van der Waals surface area contributed by atoms with E-state index in [0.717, 1.165) is 11.1 Å². The number of ketones is 1. The molecule has 0 spiro atoms. The Balaban J connectivity index is 1.87. The Labute approximate surface area is 219 Å². The maximum absolute atomic E-state index is 13.5. The van der Waals surface area contributed by atoms with Gasteiger partial charge in [-0.1, -0.05) is 36.9 Å². The van der Waals surface area contributed by atoms with E-state index in [1.165, 1.54) is 6.92 Å². The maximum atomic E-state index is 13.5. The predicted molar refractivity (Wildman–Crippen MR) is 142 cm³/mol. The topological polar surface area (TPSA) is 97.3 Å². The van der Waals surface area contributed by atoms with Crippen LogP contribution in [0.3, 0.4) is 0 Å². The summed E-state index contributed by atoms with van der Waals surface area (Å²) >= 11 is 0. The van der Waals surface area contributed by atoms with Gasteiger partial charge in [0.05, 0.1) is 38.0 Å². The van der Waals surface area contributed by atoms with Crippen LogP contribution >= 0.6 is 0 Å². The van der Waals surface area contributed by atoms with Crippen molar-refractivity contribution in [1.29, 1.82) is 0 Å². The van der Waals surface area contributed by atoms with Gasteiger partial charge in [-0.25, -0.2) is 4.79 Å². The van der Waals surface area contributed by atoms with Crippen molar-refractivity contribution in [3.05, 3.63) is 71.5 Å². The molecule has 0 saturated heterocycles. The smallest absolute Gasteiger partial charge is 0.318 e. The highest BCUT2D eigenvalue weighted by Gasteiger charge is 2.48. The largest absolute Gasteiger partial charge is 0.510 e. The number of rotatable bonds is 14. The number of Topliss-reactive ketones (excluding diaryl/α,β-unsaturated/α-hetero) is 1. The van der Waals surface area contributed by atoms with Gasteiger partial charge in [-0.3, -0.25) is 4.79 Å². The van der Waals surface area contributed by atoms with Gasteiger partial charge in [0.1, 0.15) is 22.8 Å². The highest BCUT2D eigenvalue weighted by molar-refractivity contribution is 5.99. The number of ether oxygens (including phenoxy) is 3. The SMILES string of the molecule is C=C(O)C1(NC(=O)N(CCOCc2ccccc2)[C@H](C)c2cc(OCC)c(C(C)=O)c(OCC)c2)CC1. The first-order chi connectivity index (χ1) is 17.7. The van der Waals surface area contributed by atoms with Crippen LogP contribution in [0, 0.1) is 0 Å². The monoisotopic (exact) mass is 510 g/mol. The number of amides is 2. The lowest BCUT2D eigenvalue weighted by atomic mass is 10.0. The summed E-state index contributed by atoms with van der Waals surface area (Å²) in [4.78, 5) is 27.5. The van der Waals surface area contributed by atoms with Crippen molar-refractivity contribution in [2.75, 3.05) is 26.4 Å². The molecule has 0 aromatic heterocycles. The van der Waals surface area contributed by atoms with Crippen LogP contribution < -0.4 is 14.8 Å². The summed E-state index contributed by atoms with van der Waals surface area (Å²) in [5.41, 5.74) is 1.39. The average molecular weight is 511 g/mol. The minimum absolute atomic E-state index is 0.0446. The summed E-state index contributed by atoms with van der Waals surface area (Å²) in [6.45, 7) is 12.5. The summed E-state index contributed by atoms with van der Waals surface area (Å²) in [5, 5.41) is 13.0. The molecule has 0 heterocycles. The Morgan fingerprint density at radius 3 is 2.19 bits per heavy atom.